The molecule has 1 unspecified atom stereocenters. The fraction of sp³-hybridized carbons (Fsp3) is 0.364. The SMILES string of the molecule is CSc1ccc(C(C)CC(=O)O)cc1Cl. The van der Waals surface area contributed by atoms with Crippen LogP contribution in [0.1, 0.15) is 24.8 Å². The molecule has 0 heterocycles. The van der Waals surface area contributed by atoms with Gasteiger partial charge in [-0.2, -0.15) is 0 Å². The number of halogens is 1. The van der Waals surface area contributed by atoms with Crippen LogP contribution in [-0.4, -0.2) is 17.3 Å². The highest BCUT2D eigenvalue weighted by atomic mass is 35.5. The number of hydrogen-bond donors (Lipinski definition) is 1. The van der Waals surface area contributed by atoms with Gasteiger partial charge in [-0.15, -0.1) is 11.8 Å². The second-order valence-electron chi connectivity index (χ2n) is 3.39. The fourth-order valence-corrected chi connectivity index (χ4v) is 2.25. The van der Waals surface area contributed by atoms with Crippen LogP contribution < -0.4 is 0 Å². The van der Waals surface area contributed by atoms with Crippen molar-refractivity contribution in [3.8, 4) is 0 Å². The van der Waals surface area contributed by atoms with Crippen LogP contribution in [0.4, 0.5) is 0 Å². The van der Waals surface area contributed by atoms with Gasteiger partial charge < -0.3 is 5.11 Å². The Morgan fingerprint density at radius 3 is 2.73 bits per heavy atom. The third-order valence-electron chi connectivity index (χ3n) is 2.23. The van der Waals surface area contributed by atoms with Crippen molar-refractivity contribution in [3.05, 3.63) is 28.8 Å². The fourth-order valence-electron chi connectivity index (χ4n) is 1.37. The molecule has 1 rings (SSSR count). The van der Waals surface area contributed by atoms with Crippen LogP contribution in [-0.2, 0) is 4.79 Å². The van der Waals surface area contributed by atoms with Crippen LogP contribution in [0.3, 0.4) is 0 Å². The zero-order valence-electron chi connectivity index (χ0n) is 8.66. The molecule has 0 aromatic heterocycles. The summed E-state index contributed by atoms with van der Waals surface area (Å²) in [7, 11) is 0. The van der Waals surface area contributed by atoms with Crippen LogP contribution in [0.2, 0.25) is 5.02 Å². The third kappa shape index (κ3) is 3.43. The lowest BCUT2D eigenvalue weighted by Gasteiger charge is -2.10. The molecule has 1 N–H and O–H groups in total. The average molecular weight is 245 g/mol. The Balaban J connectivity index is 2.87. The third-order valence-corrected chi connectivity index (χ3v) is 3.45. The molecule has 0 bridgehead atoms. The molecule has 0 aliphatic heterocycles. The predicted octanol–water partition coefficient (Wildman–Crippen LogP) is 3.64. The average Bonchev–Trinajstić information content (AvgIpc) is 2.16. The van der Waals surface area contributed by atoms with Gasteiger partial charge in [0.25, 0.3) is 0 Å². The Kier molecular flexibility index (Phi) is 4.48. The largest absolute Gasteiger partial charge is 0.481 e. The first kappa shape index (κ1) is 12.4. The lowest BCUT2D eigenvalue weighted by Crippen LogP contribution is -2.02. The first-order valence-corrected chi connectivity index (χ1v) is 6.20. The van der Waals surface area contributed by atoms with E-state index in [4.69, 9.17) is 16.7 Å². The van der Waals surface area contributed by atoms with Gasteiger partial charge in [0.2, 0.25) is 0 Å². The van der Waals surface area contributed by atoms with E-state index in [2.05, 4.69) is 0 Å². The van der Waals surface area contributed by atoms with Gasteiger partial charge in [0.05, 0.1) is 11.4 Å². The summed E-state index contributed by atoms with van der Waals surface area (Å²) in [6.45, 7) is 1.89. The molecule has 0 saturated carbocycles. The molecule has 1 aromatic rings. The maximum atomic E-state index is 10.6. The highest BCUT2D eigenvalue weighted by molar-refractivity contribution is 7.98. The standard InChI is InChI=1S/C11H13ClO2S/c1-7(5-11(13)14)8-3-4-10(15-2)9(12)6-8/h3-4,6-7H,5H2,1-2H3,(H,13,14). The number of carbonyl (C=O) groups is 1. The molecule has 0 saturated heterocycles. The van der Waals surface area contributed by atoms with Gasteiger partial charge in [-0.05, 0) is 29.9 Å². The van der Waals surface area contributed by atoms with Crippen LogP contribution in [0.25, 0.3) is 0 Å². The van der Waals surface area contributed by atoms with Gasteiger partial charge in [0.1, 0.15) is 0 Å². The van der Waals surface area contributed by atoms with E-state index in [1.54, 1.807) is 11.8 Å². The molecule has 1 aromatic carbocycles. The van der Waals surface area contributed by atoms with E-state index in [-0.39, 0.29) is 12.3 Å². The van der Waals surface area contributed by atoms with Crippen LogP contribution in [0.15, 0.2) is 23.1 Å². The summed E-state index contributed by atoms with van der Waals surface area (Å²) in [6, 6.07) is 5.72. The quantitative estimate of drug-likeness (QED) is 0.822. The summed E-state index contributed by atoms with van der Waals surface area (Å²) in [6.07, 6.45) is 2.09. The van der Waals surface area contributed by atoms with Crippen molar-refractivity contribution in [1.29, 1.82) is 0 Å². The molecule has 0 fully saturated rings. The zero-order chi connectivity index (χ0) is 11.4. The predicted molar refractivity (Wildman–Crippen MR) is 63.9 cm³/mol. The van der Waals surface area contributed by atoms with Gasteiger partial charge in [-0.3, -0.25) is 4.79 Å². The minimum atomic E-state index is -0.785. The van der Waals surface area contributed by atoms with E-state index >= 15 is 0 Å². The lowest BCUT2D eigenvalue weighted by atomic mass is 9.98. The van der Waals surface area contributed by atoms with Crippen molar-refractivity contribution < 1.29 is 9.90 Å². The topological polar surface area (TPSA) is 37.3 Å². The van der Waals surface area contributed by atoms with E-state index in [0.29, 0.717) is 5.02 Å². The highest BCUT2D eigenvalue weighted by Crippen LogP contribution is 2.29. The number of carboxylic acid groups (broad SMARTS) is 1. The summed E-state index contributed by atoms with van der Waals surface area (Å²) >= 11 is 7.62. The van der Waals surface area contributed by atoms with Crippen molar-refractivity contribution >= 4 is 29.3 Å². The molecule has 82 valence electrons. The van der Waals surface area contributed by atoms with Gasteiger partial charge in [-0.25, -0.2) is 0 Å². The van der Waals surface area contributed by atoms with Crippen molar-refractivity contribution in [1.82, 2.24) is 0 Å². The second-order valence-corrected chi connectivity index (χ2v) is 4.65. The van der Waals surface area contributed by atoms with Gasteiger partial charge in [-0.1, -0.05) is 24.6 Å². The van der Waals surface area contributed by atoms with Crippen LogP contribution in [0.5, 0.6) is 0 Å². The van der Waals surface area contributed by atoms with E-state index in [1.807, 2.05) is 31.4 Å². The maximum absolute atomic E-state index is 10.6. The van der Waals surface area contributed by atoms with E-state index < -0.39 is 5.97 Å². The first-order valence-electron chi connectivity index (χ1n) is 4.59. The molecule has 0 aliphatic rings. The Morgan fingerprint density at radius 1 is 1.60 bits per heavy atom. The number of aliphatic carboxylic acids is 1. The molecular weight excluding hydrogens is 232 g/mol. The molecule has 0 aliphatic carbocycles. The summed E-state index contributed by atoms with van der Waals surface area (Å²) in [5, 5.41) is 9.37. The summed E-state index contributed by atoms with van der Waals surface area (Å²) < 4.78 is 0. The number of carboxylic acids is 1. The zero-order valence-corrected chi connectivity index (χ0v) is 10.2. The number of rotatable bonds is 4. The Hall–Kier alpha value is -0.670. The second kappa shape index (κ2) is 5.42. The summed E-state index contributed by atoms with van der Waals surface area (Å²) in [5.74, 6) is -0.788. The minimum Gasteiger partial charge on any atom is -0.481 e. The van der Waals surface area contributed by atoms with Gasteiger partial charge in [0.15, 0.2) is 0 Å². The van der Waals surface area contributed by atoms with Gasteiger partial charge >= 0.3 is 5.97 Å². The maximum Gasteiger partial charge on any atom is 0.303 e. The molecule has 2 nitrogen and oxygen atoms in total. The molecule has 4 heteroatoms. The molecule has 1 atom stereocenters. The smallest absolute Gasteiger partial charge is 0.303 e. The van der Waals surface area contributed by atoms with E-state index in [1.165, 1.54) is 0 Å². The Labute approximate surface area is 98.6 Å². The molecule has 0 radical (unpaired) electrons. The number of thioether (sulfide) groups is 1. The Bertz CT molecular complexity index is 366. The monoisotopic (exact) mass is 244 g/mol. The highest BCUT2D eigenvalue weighted by Gasteiger charge is 2.11. The first-order chi connectivity index (χ1) is 7.04. The molecule has 15 heavy (non-hydrogen) atoms. The normalized spacial score (nSPS) is 12.5. The molecular formula is C11H13ClO2S. The van der Waals surface area contributed by atoms with E-state index in [9.17, 15) is 4.79 Å². The van der Waals surface area contributed by atoms with Gasteiger partial charge in [0, 0.05) is 4.90 Å². The van der Waals surface area contributed by atoms with Crippen molar-refractivity contribution in [2.75, 3.05) is 6.26 Å². The molecule has 0 amide bonds. The van der Waals surface area contributed by atoms with Crippen molar-refractivity contribution in [2.24, 2.45) is 0 Å². The van der Waals surface area contributed by atoms with Crippen LogP contribution in [0, 0.1) is 0 Å². The summed E-state index contributed by atoms with van der Waals surface area (Å²) in [4.78, 5) is 11.6. The van der Waals surface area contributed by atoms with Crippen LogP contribution >= 0.6 is 23.4 Å². The van der Waals surface area contributed by atoms with E-state index in [0.717, 1.165) is 10.5 Å². The molecule has 0 spiro atoms. The van der Waals surface area contributed by atoms with Crippen molar-refractivity contribution in [3.63, 3.8) is 0 Å². The van der Waals surface area contributed by atoms with Crippen molar-refractivity contribution in [2.45, 2.75) is 24.2 Å². The number of hydrogen-bond acceptors (Lipinski definition) is 2. The lowest BCUT2D eigenvalue weighted by molar-refractivity contribution is -0.137. The number of benzene rings is 1. The Morgan fingerprint density at radius 2 is 2.27 bits per heavy atom. The minimum absolute atomic E-state index is 0.00379. The summed E-state index contributed by atoms with van der Waals surface area (Å²) in [5.41, 5.74) is 0.972.